The van der Waals surface area contributed by atoms with Gasteiger partial charge < -0.3 is 16.0 Å². The number of rotatable bonds is 7. The highest BCUT2D eigenvalue weighted by atomic mass is 127. The second-order valence-electron chi connectivity index (χ2n) is 7.98. The van der Waals surface area contributed by atoms with Crippen molar-refractivity contribution in [1.29, 1.82) is 0 Å². The largest absolute Gasteiger partial charge is 0.357 e. The van der Waals surface area contributed by atoms with Gasteiger partial charge in [0.15, 0.2) is 5.96 Å². The molecule has 2 aliphatic rings. The summed E-state index contributed by atoms with van der Waals surface area (Å²) in [6, 6.07) is 9.43. The van der Waals surface area contributed by atoms with E-state index in [-0.39, 0.29) is 35.8 Å². The number of benzene rings is 1. The number of halogens is 1. The van der Waals surface area contributed by atoms with E-state index in [1.54, 1.807) is 0 Å². The maximum absolute atomic E-state index is 12.4. The predicted octanol–water partition coefficient (Wildman–Crippen LogP) is 3.55. The third-order valence-electron chi connectivity index (χ3n) is 5.44. The predicted molar refractivity (Wildman–Crippen MR) is 126 cm³/mol. The van der Waals surface area contributed by atoms with Crippen molar-refractivity contribution >= 4 is 35.8 Å². The molecule has 5 nitrogen and oxygen atoms in total. The first-order chi connectivity index (χ1) is 13.1. The van der Waals surface area contributed by atoms with Crippen molar-refractivity contribution in [2.24, 2.45) is 10.9 Å². The first-order valence-corrected chi connectivity index (χ1v) is 10.5. The molecule has 1 amide bonds. The first-order valence-electron chi connectivity index (χ1n) is 10.5. The second kappa shape index (κ2) is 11.6. The molecule has 2 fully saturated rings. The first kappa shape index (κ1) is 23.0. The van der Waals surface area contributed by atoms with Crippen LogP contribution in [0.3, 0.4) is 0 Å². The smallest absolute Gasteiger partial charge is 0.223 e. The average molecular weight is 498 g/mol. The van der Waals surface area contributed by atoms with Gasteiger partial charge in [-0.1, -0.05) is 36.2 Å². The van der Waals surface area contributed by atoms with Gasteiger partial charge in [-0.05, 0) is 57.9 Å². The third-order valence-corrected chi connectivity index (χ3v) is 5.44. The molecule has 0 aromatic heterocycles. The molecule has 0 aliphatic heterocycles. The summed E-state index contributed by atoms with van der Waals surface area (Å²) in [6.45, 7) is 5.80. The Morgan fingerprint density at radius 1 is 1.07 bits per heavy atom. The molecule has 0 saturated heterocycles. The standard InChI is InChI=1S/C22H34N4O.HI/c1-3-23-22(24-14-13-17-9-7-16(2)8-10-17)26-20-6-4-5-18(15-20)21(27)25-19-11-12-19;/h7-10,18-20H,3-6,11-15H2,1-2H3,(H,25,27)(H2,23,24,26);1H. The Hall–Kier alpha value is -1.31. The molecule has 2 saturated carbocycles. The van der Waals surface area contributed by atoms with Crippen LogP contribution in [0.5, 0.6) is 0 Å². The SMILES string of the molecule is CCNC(=NCCc1ccc(C)cc1)NC1CCCC(C(=O)NC2CC2)C1.I. The van der Waals surface area contributed by atoms with Crippen LogP contribution in [0.1, 0.15) is 56.6 Å². The van der Waals surface area contributed by atoms with E-state index in [0.29, 0.717) is 12.1 Å². The lowest BCUT2D eigenvalue weighted by molar-refractivity contribution is -0.126. The molecule has 1 aromatic carbocycles. The zero-order chi connectivity index (χ0) is 19.1. The lowest BCUT2D eigenvalue weighted by atomic mass is 9.85. The minimum absolute atomic E-state index is 0. The summed E-state index contributed by atoms with van der Waals surface area (Å²) in [6.07, 6.45) is 7.36. The average Bonchev–Trinajstić information content (AvgIpc) is 3.48. The van der Waals surface area contributed by atoms with E-state index < -0.39 is 0 Å². The number of aryl methyl sites for hydroxylation is 1. The molecule has 0 heterocycles. The van der Waals surface area contributed by atoms with Gasteiger partial charge in [-0.3, -0.25) is 9.79 Å². The Bertz CT molecular complexity index is 642. The van der Waals surface area contributed by atoms with Gasteiger partial charge in [0.1, 0.15) is 0 Å². The molecule has 0 bridgehead atoms. The fraction of sp³-hybridized carbons (Fsp3) is 0.636. The number of nitrogens with zero attached hydrogens (tertiary/aromatic N) is 1. The third kappa shape index (κ3) is 7.60. The van der Waals surface area contributed by atoms with E-state index in [1.165, 1.54) is 11.1 Å². The summed E-state index contributed by atoms with van der Waals surface area (Å²) < 4.78 is 0. The minimum atomic E-state index is 0. The maximum atomic E-state index is 12.4. The van der Waals surface area contributed by atoms with Crippen molar-refractivity contribution in [3.63, 3.8) is 0 Å². The van der Waals surface area contributed by atoms with E-state index >= 15 is 0 Å². The number of hydrogen-bond acceptors (Lipinski definition) is 2. The quantitative estimate of drug-likeness (QED) is 0.306. The summed E-state index contributed by atoms with van der Waals surface area (Å²) in [7, 11) is 0. The molecule has 6 heteroatoms. The number of hydrogen-bond donors (Lipinski definition) is 3. The van der Waals surface area contributed by atoms with Crippen LogP contribution in [0.4, 0.5) is 0 Å². The summed E-state index contributed by atoms with van der Waals surface area (Å²) in [5.74, 6) is 1.27. The van der Waals surface area contributed by atoms with Gasteiger partial charge >= 0.3 is 0 Å². The Kier molecular flexibility index (Phi) is 9.55. The van der Waals surface area contributed by atoms with E-state index in [0.717, 1.165) is 64.0 Å². The molecule has 156 valence electrons. The zero-order valence-corrected chi connectivity index (χ0v) is 19.5. The molecule has 0 spiro atoms. The fourth-order valence-electron chi connectivity index (χ4n) is 3.67. The summed E-state index contributed by atoms with van der Waals surface area (Å²) in [4.78, 5) is 17.1. The number of guanidine groups is 1. The van der Waals surface area contributed by atoms with E-state index in [4.69, 9.17) is 4.99 Å². The second-order valence-corrected chi connectivity index (χ2v) is 7.98. The number of aliphatic imine (C=N–C) groups is 1. The van der Waals surface area contributed by atoms with Crippen molar-refractivity contribution < 1.29 is 4.79 Å². The number of nitrogens with one attached hydrogen (secondary N) is 3. The lowest BCUT2D eigenvalue weighted by Gasteiger charge is -2.30. The minimum Gasteiger partial charge on any atom is -0.357 e. The monoisotopic (exact) mass is 498 g/mol. The summed E-state index contributed by atoms with van der Waals surface area (Å²) in [5, 5.41) is 10.1. The summed E-state index contributed by atoms with van der Waals surface area (Å²) in [5.41, 5.74) is 2.60. The van der Waals surface area contributed by atoms with Crippen molar-refractivity contribution in [2.75, 3.05) is 13.1 Å². The highest BCUT2D eigenvalue weighted by Gasteiger charge is 2.31. The Morgan fingerprint density at radius 2 is 1.82 bits per heavy atom. The van der Waals surface area contributed by atoms with Gasteiger partial charge in [-0.2, -0.15) is 0 Å². The van der Waals surface area contributed by atoms with Crippen molar-refractivity contribution in [2.45, 2.75) is 70.9 Å². The summed E-state index contributed by atoms with van der Waals surface area (Å²) >= 11 is 0. The van der Waals surface area contributed by atoms with Crippen LogP contribution in [-0.2, 0) is 11.2 Å². The van der Waals surface area contributed by atoms with Crippen LogP contribution >= 0.6 is 24.0 Å². The molecule has 3 rings (SSSR count). The zero-order valence-electron chi connectivity index (χ0n) is 17.2. The Morgan fingerprint density at radius 3 is 2.50 bits per heavy atom. The van der Waals surface area contributed by atoms with E-state index in [9.17, 15) is 4.79 Å². The molecule has 1 aromatic rings. The van der Waals surface area contributed by atoms with Crippen LogP contribution in [0.15, 0.2) is 29.3 Å². The molecular weight excluding hydrogens is 463 g/mol. The normalized spacial score (nSPS) is 22.1. The fourth-order valence-corrected chi connectivity index (χ4v) is 3.67. The molecular formula is C22H35IN4O. The van der Waals surface area contributed by atoms with Gasteiger partial charge in [0.25, 0.3) is 0 Å². The molecule has 28 heavy (non-hydrogen) atoms. The van der Waals surface area contributed by atoms with E-state index in [1.807, 2.05) is 0 Å². The number of amides is 1. The van der Waals surface area contributed by atoms with Gasteiger partial charge in [0.2, 0.25) is 5.91 Å². The van der Waals surface area contributed by atoms with Crippen molar-refractivity contribution in [3.05, 3.63) is 35.4 Å². The van der Waals surface area contributed by atoms with E-state index in [2.05, 4.69) is 54.1 Å². The number of carbonyl (C=O) groups excluding carboxylic acids is 1. The van der Waals surface area contributed by atoms with Gasteiger partial charge in [0.05, 0.1) is 0 Å². The number of carbonyl (C=O) groups is 1. The molecule has 2 aliphatic carbocycles. The molecule has 2 unspecified atom stereocenters. The van der Waals surface area contributed by atoms with Gasteiger partial charge in [-0.15, -0.1) is 24.0 Å². The maximum Gasteiger partial charge on any atom is 0.223 e. The van der Waals surface area contributed by atoms with Crippen LogP contribution in [0, 0.1) is 12.8 Å². The van der Waals surface area contributed by atoms with Gasteiger partial charge in [-0.25, -0.2) is 0 Å². The van der Waals surface area contributed by atoms with Crippen LogP contribution < -0.4 is 16.0 Å². The van der Waals surface area contributed by atoms with Crippen LogP contribution in [0.2, 0.25) is 0 Å². The lowest BCUT2D eigenvalue weighted by Crippen LogP contribution is -2.47. The van der Waals surface area contributed by atoms with Crippen LogP contribution in [0.25, 0.3) is 0 Å². The molecule has 2 atom stereocenters. The highest BCUT2D eigenvalue weighted by Crippen LogP contribution is 2.26. The van der Waals surface area contributed by atoms with Gasteiger partial charge in [0, 0.05) is 31.1 Å². The Balaban J connectivity index is 0.00000280. The molecule has 3 N–H and O–H groups in total. The topological polar surface area (TPSA) is 65.5 Å². The van der Waals surface area contributed by atoms with Crippen LogP contribution in [-0.4, -0.2) is 37.0 Å². The van der Waals surface area contributed by atoms with Crippen molar-refractivity contribution in [3.8, 4) is 0 Å². The highest BCUT2D eigenvalue weighted by molar-refractivity contribution is 14.0. The molecule has 0 radical (unpaired) electrons. The Labute approximate surface area is 186 Å². The van der Waals surface area contributed by atoms with Crippen molar-refractivity contribution in [1.82, 2.24) is 16.0 Å².